The zero-order chi connectivity index (χ0) is 35.3. The minimum absolute atomic E-state index is 1.24. The Labute approximate surface area is 319 Å². The molecule has 0 unspecified atom stereocenters. The zero-order valence-corrected chi connectivity index (χ0v) is 30.8. The van der Waals surface area contributed by atoms with Gasteiger partial charge in [-0.1, -0.05) is 146 Å². The molecule has 0 aliphatic heterocycles. The van der Waals surface area contributed by atoms with E-state index in [0.717, 1.165) is 0 Å². The van der Waals surface area contributed by atoms with Crippen molar-refractivity contribution in [3.05, 3.63) is 182 Å². The Morgan fingerprint density at radius 1 is 0.259 bits per heavy atom. The fourth-order valence-electron chi connectivity index (χ4n) is 8.98. The molecule has 2 aromatic heterocycles. The second-order valence-electron chi connectivity index (χ2n) is 14.4. The molecule has 0 bridgehead atoms. The van der Waals surface area contributed by atoms with Gasteiger partial charge in [-0.25, -0.2) is 0 Å². The van der Waals surface area contributed by atoms with Crippen LogP contribution >= 0.6 is 22.7 Å². The summed E-state index contributed by atoms with van der Waals surface area (Å²) in [6.45, 7) is 0. The van der Waals surface area contributed by atoms with Crippen LogP contribution in [0.5, 0.6) is 0 Å². The Kier molecular flexibility index (Phi) is 6.48. The van der Waals surface area contributed by atoms with Crippen molar-refractivity contribution in [3.8, 4) is 33.4 Å². The van der Waals surface area contributed by atoms with E-state index < -0.39 is 0 Å². The van der Waals surface area contributed by atoms with Gasteiger partial charge in [-0.05, 0) is 107 Å². The van der Waals surface area contributed by atoms with Gasteiger partial charge in [0.1, 0.15) is 0 Å². The predicted octanol–water partition coefficient (Wildman–Crippen LogP) is 16.0. The van der Waals surface area contributed by atoms with Crippen molar-refractivity contribution in [1.29, 1.82) is 0 Å². The van der Waals surface area contributed by atoms with Crippen LogP contribution in [0.15, 0.2) is 182 Å². The standard InChI is InChI=1S/C52H30S2/c1-2-10-31(11-3-1)33-20-18-32-19-21-34(29-36(32)28-33)49-37-12-4-6-14-39(37)50(40-15-7-5-13-38(40)49)35-22-26-47-45(30-35)43-24-23-41-42(52(43)54-47)25-27-48-51(41)44-16-8-9-17-46(44)53-48/h1-30H. The van der Waals surface area contributed by atoms with Gasteiger partial charge >= 0.3 is 0 Å². The van der Waals surface area contributed by atoms with Gasteiger partial charge in [0.2, 0.25) is 0 Å². The molecule has 0 radical (unpaired) electrons. The Morgan fingerprint density at radius 2 is 0.778 bits per heavy atom. The average molecular weight is 719 g/mol. The second kappa shape index (κ2) is 11.6. The van der Waals surface area contributed by atoms with Crippen LogP contribution in [-0.2, 0) is 0 Å². The number of benzene rings is 10. The van der Waals surface area contributed by atoms with Crippen molar-refractivity contribution in [3.63, 3.8) is 0 Å². The van der Waals surface area contributed by atoms with Crippen molar-refractivity contribution in [2.75, 3.05) is 0 Å². The second-order valence-corrected chi connectivity index (χ2v) is 16.5. The third-order valence-corrected chi connectivity index (χ3v) is 13.8. The van der Waals surface area contributed by atoms with Gasteiger partial charge in [0.05, 0.1) is 0 Å². The molecular weight excluding hydrogens is 689 g/mol. The van der Waals surface area contributed by atoms with E-state index in [-0.39, 0.29) is 0 Å². The summed E-state index contributed by atoms with van der Waals surface area (Å²) < 4.78 is 5.40. The molecule has 0 amide bonds. The largest absolute Gasteiger partial charge is 0.135 e. The molecule has 12 rings (SSSR count). The van der Waals surface area contributed by atoms with E-state index in [4.69, 9.17) is 0 Å². The minimum atomic E-state index is 1.24. The molecule has 0 saturated heterocycles. The van der Waals surface area contributed by atoms with E-state index in [1.54, 1.807) is 0 Å². The Hall–Kier alpha value is -6.32. The molecule has 0 aliphatic rings. The summed E-state index contributed by atoms with van der Waals surface area (Å²) in [6, 6.07) is 67.9. The summed E-state index contributed by atoms with van der Waals surface area (Å²) in [5.74, 6) is 0. The number of rotatable bonds is 3. The third-order valence-electron chi connectivity index (χ3n) is 11.4. The van der Waals surface area contributed by atoms with Crippen molar-refractivity contribution in [2.24, 2.45) is 0 Å². The Bertz CT molecular complexity index is 3430. The fourth-order valence-corrected chi connectivity index (χ4v) is 11.3. The van der Waals surface area contributed by atoms with Crippen LogP contribution in [0.2, 0.25) is 0 Å². The molecule has 2 heteroatoms. The topological polar surface area (TPSA) is 0 Å². The van der Waals surface area contributed by atoms with Gasteiger partial charge in [0.25, 0.3) is 0 Å². The van der Waals surface area contributed by atoms with Crippen LogP contribution in [0.4, 0.5) is 0 Å². The Balaban J connectivity index is 1.07. The molecule has 0 fully saturated rings. The molecule has 12 aromatic rings. The van der Waals surface area contributed by atoms with Gasteiger partial charge in [-0.3, -0.25) is 0 Å². The average Bonchev–Trinajstić information content (AvgIpc) is 3.81. The smallest absolute Gasteiger partial charge is 0.0434 e. The van der Waals surface area contributed by atoms with E-state index in [0.29, 0.717) is 0 Å². The molecule has 54 heavy (non-hydrogen) atoms. The molecule has 0 atom stereocenters. The third kappa shape index (κ3) is 4.42. The van der Waals surface area contributed by atoms with E-state index in [1.807, 2.05) is 22.7 Å². The monoisotopic (exact) mass is 718 g/mol. The maximum absolute atomic E-state index is 2.45. The molecule has 0 spiro atoms. The molecule has 250 valence electrons. The molecule has 0 nitrogen and oxygen atoms in total. The highest BCUT2D eigenvalue weighted by atomic mass is 32.1. The van der Waals surface area contributed by atoms with Crippen molar-refractivity contribution < 1.29 is 0 Å². The van der Waals surface area contributed by atoms with Gasteiger partial charge in [-0.15, -0.1) is 22.7 Å². The Morgan fingerprint density at radius 3 is 1.52 bits per heavy atom. The number of thiophene rings is 2. The van der Waals surface area contributed by atoms with Crippen LogP contribution in [0.25, 0.3) is 117 Å². The lowest BCUT2D eigenvalue weighted by atomic mass is 9.85. The molecular formula is C52H30S2. The summed E-state index contributed by atoms with van der Waals surface area (Å²) in [5.41, 5.74) is 7.56. The van der Waals surface area contributed by atoms with Gasteiger partial charge in [0.15, 0.2) is 0 Å². The number of hydrogen-bond donors (Lipinski definition) is 0. The molecule has 0 N–H and O–H groups in total. The molecule has 2 heterocycles. The summed E-state index contributed by atoms with van der Waals surface area (Å²) >= 11 is 3.81. The first-order valence-electron chi connectivity index (χ1n) is 18.5. The summed E-state index contributed by atoms with van der Waals surface area (Å²) in [6.07, 6.45) is 0. The van der Waals surface area contributed by atoms with Crippen molar-refractivity contribution >= 4 is 106 Å². The summed E-state index contributed by atoms with van der Waals surface area (Å²) in [5, 5.41) is 15.7. The minimum Gasteiger partial charge on any atom is -0.135 e. The molecule has 10 aromatic carbocycles. The normalized spacial score (nSPS) is 12.1. The van der Waals surface area contributed by atoms with Gasteiger partial charge in [0, 0.05) is 45.7 Å². The van der Waals surface area contributed by atoms with Crippen molar-refractivity contribution in [2.45, 2.75) is 0 Å². The lowest BCUT2D eigenvalue weighted by Crippen LogP contribution is -1.91. The zero-order valence-electron chi connectivity index (χ0n) is 29.1. The van der Waals surface area contributed by atoms with Crippen molar-refractivity contribution in [1.82, 2.24) is 0 Å². The van der Waals surface area contributed by atoms with Crippen LogP contribution in [0.1, 0.15) is 0 Å². The summed E-state index contributed by atoms with van der Waals surface area (Å²) in [7, 11) is 0. The predicted molar refractivity (Wildman–Crippen MR) is 239 cm³/mol. The van der Waals surface area contributed by atoms with E-state index in [9.17, 15) is 0 Å². The first kappa shape index (κ1) is 30.2. The maximum atomic E-state index is 2.45. The summed E-state index contributed by atoms with van der Waals surface area (Å²) in [4.78, 5) is 0. The fraction of sp³-hybridized carbons (Fsp3) is 0. The van der Waals surface area contributed by atoms with Crippen LogP contribution < -0.4 is 0 Å². The lowest BCUT2D eigenvalue weighted by Gasteiger charge is -2.18. The maximum Gasteiger partial charge on any atom is 0.0434 e. The first-order valence-corrected chi connectivity index (χ1v) is 20.1. The number of fused-ring (bicyclic) bond motifs is 12. The molecule has 0 saturated carbocycles. The highest BCUT2D eigenvalue weighted by molar-refractivity contribution is 7.27. The van der Waals surface area contributed by atoms with E-state index in [1.165, 1.54) is 117 Å². The first-order chi connectivity index (χ1) is 26.8. The van der Waals surface area contributed by atoms with Crippen LogP contribution in [-0.4, -0.2) is 0 Å². The van der Waals surface area contributed by atoms with Crippen LogP contribution in [0.3, 0.4) is 0 Å². The lowest BCUT2D eigenvalue weighted by molar-refractivity contribution is 1.64. The highest BCUT2D eigenvalue weighted by Crippen LogP contribution is 2.48. The van der Waals surface area contributed by atoms with Gasteiger partial charge in [-0.2, -0.15) is 0 Å². The number of hydrogen-bond acceptors (Lipinski definition) is 2. The SMILES string of the molecule is c1ccc(-c2ccc3ccc(-c4c5ccccc5c(-c5ccc6sc7c(ccc8c7ccc7sc9ccccc9c78)c6c5)c5ccccc45)cc3c2)cc1. The van der Waals surface area contributed by atoms with Gasteiger partial charge < -0.3 is 0 Å². The molecule has 0 aliphatic carbocycles. The van der Waals surface area contributed by atoms with E-state index >= 15 is 0 Å². The van der Waals surface area contributed by atoms with E-state index in [2.05, 4.69) is 182 Å². The highest BCUT2D eigenvalue weighted by Gasteiger charge is 2.19. The quantitative estimate of drug-likeness (QED) is 0.160. The van der Waals surface area contributed by atoms with Crippen LogP contribution in [0, 0.1) is 0 Å².